The van der Waals surface area contributed by atoms with Gasteiger partial charge in [-0.2, -0.15) is 0 Å². The lowest BCUT2D eigenvalue weighted by atomic mass is 10.2. The summed E-state index contributed by atoms with van der Waals surface area (Å²) >= 11 is 3.34. The maximum atomic E-state index is 13.5. The Morgan fingerprint density at radius 2 is 2.16 bits per heavy atom. The molecule has 0 saturated heterocycles. The average Bonchev–Trinajstić information content (AvgIpc) is 3.17. The summed E-state index contributed by atoms with van der Waals surface area (Å²) in [6.45, 7) is 1.37. The molecule has 1 aromatic rings. The van der Waals surface area contributed by atoms with Gasteiger partial charge in [0.05, 0.1) is 0 Å². The van der Waals surface area contributed by atoms with Crippen LogP contribution in [0.3, 0.4) is 0 Å². The number of guanidine groups is 1. The molecule has 6 heteroatoms. The Hall–Kier alpha value is -0.370. The fourth-order valence-electron chi connectivity index (χ4n) is 1.64. The van der Waals surface area contributed by atoms with Crippen molar-refractivity contribution in [3.63, 3.8) is 0 Å². The van der Waals surface area contributed by atoms with E-state index in [1.165, 1.54) is 18.9 Å². The van der Waals surface area contributed by atoms with Gasteiger partial charge in [0.25, 0.3) is 0 Å². The number of rotatable bonds is 4. The Kier molecular flexibility index (Phi) is 7.06. The quantitative estimate of drug-likeness (QED) is 0.427. The fourth-order valence-corrected chi connectivity index (χ4v) is 2.05. The van der Waals surface area contributed by atoms with Gasteiger partial charge in [-0.3, -0.25) is 4.99 Å². The number of hydrogen-bond donors (Lipinski definition) is 2. The van der Waals surface area contributed by atoms with Crippen molar-refractivity contribution in [2.75, 3.05) is 13.6 Å². The molecule has 0 heterocycles. The van der Waals surface area contributed by atoms with E-state index >= 15 is 0 Å². The Labute approximate surface area is 138 Å². The molecular formula is C13H18BrFIN3. The third kappa shape index (κ3) is 5.64. The second-order valence-corrected chi connectivity index (χ2v) is 5.40. The normalized spacial score (nSPS) is 14.8. The van der Waals surface area contributed by atoms with Crippen molar-refractivity contribution >= 4 is 45.9 Å². The number of nitrogens with zero attached hydrogens (tertiary/aromatic N) is 1. The zero-order valence-electron chi connectivity index (χ0n) is 10.7. The van der Waals surface area contributed by atoms with Gasteiger partial charge in [-0.05, 0) is 37.0 Å². The van der Waals surface area contributed by atoms with Gasteiger partial charge in [-0.1, -0.05) is 15.9 Å². The lowest BCUT2D eigenvalue weighted by Gasteiger charge is -2.12. The van der Waals surface area contributed by atoms with Gasteiger partial charge in [0, 0.05) is 30.2 Å². The number of aliphatic imine (C=N–C) groups is 1. The van der Waals surface area contributed by atoms with Crippen molar-refractivity contribution in [3.05, 3.63) is 34.1 Å². The minimum Gasteiger partial charge on any atom is -0.356 e. The van der Waals surface area contributed by atoms with Gasteiger partial charge in [-0.25, -0.2) is 4.39 Å². The first-order valence-corrected chi connectivity index (χ1v) is 6.87. The molecule has 1 saturated carbocycles. The number of hydrogen-bond acceptors (Lipinski definition) is 1. The minimum atomic E-state index is -0.205. The standard InChI is InChI=1S/C13H17BrFN3.HI/c1-16-13(17-7-9-2-3-9)18-8-10-6-11(14)4-5-12(10)15;/h4-6,9H,2-3,7-8H2,1H3,(H2,16,17,18);1H. The first-order valence-electron chi connectivity index (χ1n) is 6.07. The average molecular weight is 442 g/mol. The van der Waals surface area contributed by atoms with Crippen LogP contribution in [0, 0.1) is 11.7 Å². The van der Waals surface area contributed by atoms with E-state index in [9.17, 15) is 4.39 Å². The summed E-state index contributed by atoms with van der Waals surface area (Å²) in [5.74, 6) is 1.30. The predicted octanol–water partition coefficient (Wildman–Crippen LogP) is 3.28. The van der Waals surface area contributed by atoms with E-state index in [-0.39, 0.29) is 29.8 Å². The lowest BCUT2D eigenvalue weighted by Crippen LogP contribution is -2.38. The molecule has 0 spiro atoms. The largest absolute Gasteiger partial charge is 0.356 e. The SMILES string of the molecule is CN=C(NCc1cc(Br)ccc1F)NCC1CC1.I. The second-order valence-electron chi connectivity index (χ2n) is 4.49. The van der Waals surface area contributed by atoms with Gasteiger partial charge < -0.3 is 10.6 Å². The zero-order chi connectivity index (χ0) is 13.0. The summed E-state index contributed by atoms with van der Waals surface area (Å²) in [5.41, 5.74) is 0.624. The van der Waals surface area contributed by atoms with Crippen LogP contribution in [0.1, 0.15) is 18.4 Å². The first kappa shape index (κ1) is 16.7. The molecule has 0 aromatic heterocycles. The highest BCUT2D eigenvalue weighted by molar-refractivity contribution is 14.0. The molecule has 1 aromatic carbocycles. The van der Waals surface area contributed by atoms with Crippen molar-refractivity contribution in [2.24, 2.45) is 10.9 Å². The number of halogens is 3. The smallest absolute Gasteiger partial charge is 0.191 e. The van der Waals surface area contributed by atoms with E-state index in [1.807, 2.05) is 0 Å². The summed E-state index contributed by atoms with van der Waals surface area (Å²) in [6, 6.07) is 4.93. The van der Waals surface area contributed by atoms with Crippen LogP contribution in [-0.2, 0) is 6.54 Å². The van der Waals surface area contributed by atoms with Gasteiger partial charge >= 0.3 is 0 Å². The van der Waals surface area contributed by atoms with E-state index in [0.29, 0.717) is 12.1 Å². The second kappa shape index (κ2) is 8.04. The Balaban J connectivity index is 0.00000180. The van der Waals surface area contributed by atoms with E-state index in [0.717, 1.165) is 22.9 Å². The molecule has 1 aliphatic rings. The first-order chi connectivity index (χ1) is 8.69. The highest BCUT2D eigenvalue weighted by Crippen LogP contribution is 2.27. The van der Waals surface area contributed by atoms with Crippen LogP contribution < -0.4 is 10.6 Å². The Morgan fingerprint density at radius 1 is 1.42 bits per heavy atom. The van der Waals surface area contributed by atoms with Gasteiger partial charge in [0.1, 0.15) is 5.82 Å². The highest BCUT2D eigenvalue weighted by atomic mass is 127. The topological polar surface area (TPSA) is 36.4 Å². The van der Waals surface area contributed by atoms with Crippen molar-refractivity contribution < 1.29 is 4.39 Å². The molecule has 3 nitrogen and oxygen atoms in total. The number of benzene rings is 1. The molecule has 19 heavy (non-hydrogen) atoms. The maximum absolute atomic E-state index is 13.5. The molecule has 0 bridgehead atoms. The molecule has 0 atom stereocenters. The highest BCUT2D eigenvalue weighted by Gasteiger charge is 2.21. The summed E-state index contributed by atoms with van der Waals surface area (Å²) in [4.78, 5) is 4.12. The zero-order valence-corrected chi connectivity index (χ0v) is 14.7. The van der Waals surface area contributed by atoms with Gasteiger partial charge in [-0.15, -0.1) is 24.0 Å². The number of nitrogens with one attached hydrogen (secondary N) is 2. The molecule has 0 unspecified atom stereocenters. The third-order valence-corrected chi connectivity index (χ3v) is 3.43. The van der Waals surface area contributed by atoms with E-state index in [1.54, 1.807) is 19.2 Å². The van der Waals surface area contributed by atoms with Crippen LogP contribution in [0.15, 0.2) is 27.7 Å². The van der Waals surface area contributed by atoms with Gasteiger partial charge in [0.2, 0.25) is 0 Å². The monoisotopic (exact) mass is 441 g/mol. The van der Waals surface area contributed by atoms with Crippen molar-refractivity contribution in [1.29, 1.82) is 0 Å². The summed E-state index contributed by atoms with van der Waals surface area (Å²) < 4.78 is 14.4. The lowest BCUT2D eigenvalue weighted by molar-refractivity contribution is 0.604. The van der Waals surface area contributed by atoms with E-state index in [2.05, 4.69) is 31.6 Å². The summed E-state index contributed by atoms with van der Waals surface area (Å²) in [7, 11) is 1.72. The van der Waals surface area contributed by atoms with Crippen LogP contribution in [0.5, 0.6) is 0 Å². The van der Waals surface area contributed by atoms with Crippen LogP contribution in [0.25, 0.3) is 0 Å². The van der Waals surface area contributed by atoms with Gasteiger partial charge in [0.15, 0.2) is 5.96 Å². The third-order valence-electron chi connectivity index (χ3n) is 2.93. The fraction of sp³-hybridized carbons (Fsp3) is 0.462. The van der Waals surface area contributed by atoms with E-state index < -0.39 is 0 Å². The molecule has 106 valence electrons. The Bertz CT molecular complexity index is 450. The molecule has 2 N–H and O–H groups in total. The molecule has 1 fully saturated rings. The van der Waals surface area contributed by atoms with Crippen LogP contribution in [0.2, 0.25) is 0 Å². The molecule has 0 radical (unpaired) electrons. The predicted molar refractivity (Wildman–Crippen MR) is 90.4 cm³/mol. The van der Waals surface area contributed by atoms with Crippen LogP contribution in [-0.4, -0.2) is 19.6 Å². The minimum absolute atomic E-state index is 0. The molecule has 0 aliphatic heterocycles. The summed E-state index contributed by atoms with van der Waals surface area (Å²) in [5, 5.41) is 6.36. The van der Waals surface area contributed by atoms with Crippen molar-refractivity contribution in [1.82, 2.24) is 10.6 Å². The Morgan fingerprint density at radius 3 is 2.79 bits per heavy atom. The molecule has 2 rings (SSSR count). The van der Waals surface area contributed by atoms with Crippen molar-refractivity contribution in [2.45, 2.75) is 19.4 Å². The maximum Gasteiger partial charge on any atom is 0.191 e. The summed E-state index contributed by atoms with van der Waals surface area (Å²) in [6.07, 6.45) is 2.59. The van der Waals surface area contributed by atoms with Crippen LogP contribution in [0.4, 0.5) is 4.39 Å². The molecule has 1 aliphatic carbocycles. The molecule has 0 amide bonds. The van der Waals surface area contributed by atoms with Crippen LogP contribution >= 0.6 is 39.9 Å². The van der Waals surface area contributed by atoms with Crippen molar-refractivity contribution in [3.8, 4) is 0 Å². The molecular weight excluding hydrogens is 424 g/mol. The van der Waals surface area contributed by atoms with E-state index in [4.69, 9.17) is 0 Å².